The smallest absolute Gasteiger partial charge is 0.254 e. The average molecular weight is 372 g/mol. The molecule has 1 aromatic heterocycles. The van der Waals surface area contributed by atoms with Gasteiger partial charge in [0.05, 0.1) is 12.7 Å². The Bertz CT molecular complexity index is 839. The molecule has 1 aromatic carbocycles. The van der Waals surface area contributed by atoms with Crippen molar-refractivity contribution < 1.29 is 9.13 Å². The monoisotopic (exact) mass is 372 g/mol. The molecule has 0 aliphatic carbocycles. The van der Waals surface area contributed by atoms with Gasteiger partial charge in [0.25, 0.3) is 5.56 Å². The summed E-state index contributed by atoms with van der Waals surface area (Å²) >= 11 is 0. The summed E-state index contributed by atoms with van der Waals surface area (Å²) < 4.78 is 18.8. The van der Waals surface area contributed by atoms with Crippen LogP contribution in [0, 0.1) is 5.82 Å². The maximum atomic E-state index is 13.2. The molecule has 3 heterocycles. The lowest BCUT2D eigenvalue weighted by Gasteiger charge is -2.33. The van der Waals surface area contributed by atoms with E-state index in [1.54, 1.807) is 6.07 Å². The van der Waals surface area contributed by atoms with Crippen LogP contribution in [0.2, 0.25) is 0 Å². The molecule has 0 radical (unpaired) electrons. The summed E-state index contributed by atoms with van der Waals surface area (Å²) in [6.07, 6.45) is 3.01. The Kier molecular flexibility index (Phi) is 5.11. The highest BCUT2D eigenvalue weighted by molar-refractivity contribution is 5.45. The van der Waals surface area contributed by atoms with Crippen LogP contribution in [-0.2, 0) is 11.2 Å². The predicted molar refractivity (Wildman–Crippen MR) is 103 cm³/mol. The Morgan fingerprint density at radius 1 is 1.30 bits per heavy atom. The first kappa shape index (κ1) is 18.0. The van der Waals surface area contributed by atoms with Crippen LogP contribution in [0.15, 0.2) is 35.1 Å². The van der Waals surface area contributed by atoms with Crippen LogP contribution >= 0.6 is 0 Å². The van der Waals surface area contributed by atoms with E-state index < -0.39 is 0 Å². The number of nitrogens with zero attached hydrogens (tertiary/aromatic N) is 3. The molecule has 0 spiro atoms. The number of nitrogens with one attached hydrogen (secondary N) is 1. The molecule has 7 heteroatoms. The van der Waals surface area contributed by atoms with Gasteiger partial charge in [-0.3, -0.25) is 9.78 Å². The third-order valence-electron chi connectivity index (χ3n) is 5.31. The van der Waals surface area contributed by atoms with E-state index in [1.165, 1.54) is 12.1 Å². The number of H-pyrrole nitrogens is 1. The highest BCUT2D eigenvalue weighted by atomic mass is 19.1. The van der Waals surface area contributed by atoms with Gasteiger partial charge in [-0.05, 0) is 43.9 Å². The van der Waals surface area contributed by atoms with E-state index in [-0.39, 0.29) is 23.5 Å². The van der Waals surface area contributed by atoms with Crippen molar-refractivity contribution in [2.24, 2.45) is 0 Å². The van der Waals surface area contributed by atoms with Crippen molar-refractivity contribution >= 4 is 11.8 Å². The van der Waals surface area contributed by atoms with E-state index in [0.717, 1.165) is 44.5 Å². The highest BCUT2D eigenvalue weighted by Crippen LogP contribution is 2.26. The van der Waals surface area contributed by atoms with Crippen LogP contribution in [0.25, 0.3) is 0 Å². The molecule has 0 amide bonds. The normalized spacial score (nSPS) is 23.0. The van der Waals surface area contributed by atoms with Crippen LogP contribution in [0.5, 0.6) is 0 Å². The zero-order chi connectivity index (χ0) is 18.8. The van der Waals surface area contributed by atoms with Gasteiger partial charge in [0.2, 0.25) is 5.95 Å². The standard InChI is InChI=1S/C20H25FN4O2/c1-14-13-24(9-10-27-14)18-12-19(26)23-20(22-18)25-8-2-3-17(25)11-15-4-6-16(21)7-5-15/h4-7,12,14,17H,2-3,8-11,13H2,1H3,(H,22,23,26)/t14-,17-/m1/s1. The van der Waals surface area contributed by atoms with Crippen molar-refractivity contribution in [3.05, 3.63) is 52.1 Å². The Hall–Kier alpha value is -2.41. The molecule has 2 aliphatic heterocycles. The van der Waals surface area contributed by atoms with Crippen LogP contribution in [0.1, 0.15) is 25.3 Å². The minimum absolute atomic E-state index is 0.126. The maximum absolute atomic E-state index is 13.2. The first-order valence-corrected chi connectivity index (χ1v) is 9.57. The molecule has 2 aromatic rings. The molecule has 2 aliphatic rings. The minimum Gasteiger partial charge on any atom is -0.375 e. The van der Waals surface area contributed by atoms with Crippen LogP contribution in [0.3, 0.4) is 0 Å². The fourth-order valence-corrected chi connectivity index (χ4v) is 3.98. The Morgan fingerprint density at radius 2 is 2.11 bits per heavy atom. The number of halogens is 1. The fraction of sp³-hybridized carbons (Fsp3) is 0.500. The molecule has 2 fully saturated rings. The third-order valence-corrected chi connectivity index (χ3v) is 5.31. The Labute approximate surface area is 158 Å². The van der Waals surface area contributed by atoms with Crippen molar-refractivity contribution in [1.82, 2.24) is 9.97 Å². The number of rotatable bonds is 4. The largest absolute Gasteiger partial charge is 0.375 e. The van der Waals surface area contributed by atoms with Gasteiger partial charge in [0.15, 0.2) is 0 Å². The third kappa shape index (κ3) is 4.13. The number of hydrogen-bond acceptors (Lipinski definition) is 5. The molecule has 4 rings (SSSR count). The Balaban J connectivity index is 1.56. The maximum Gasteiger partial charge on any atom is 0.254 e. The summed E-state index contributed by atoms with van der Waals surface area (Å²) in [6, 6.07) is 8.45. The molecule has 1 N–H and O–H groups in total. The lowest BCUT2D eigenvalue weighted by atomic mass is 10.0. The summed E-state index contributed by atoms with van der Waals surface area (Å²) in [5.41, 5.74) is 0.954. The summed E-state index contributed by atoms with van der Waals surface area (Å²) in [5, 5.41) is 0. The van der Waals surface area contributed by atoms with Gasteiger partial charge in [-0.25, -0.2) is 4.39 Å². The van der Waals surface area contributed by atoms with Crippen molar-refractivity contribution in [2.45, 2.75) is 38.3 Å². The topological polar surface area (TPSA) is 61.5 Å². The molecule has 2 saturated heterocycles. The quantitative estimate of drug-likeness (QED) is 0.893. The van der Waals surface area contributed by atoms with E-state index in [0.29, 0.717) is 18.4 Å². The molecule has 6 nitrogen and oxygen atoms in total. The van der Waals surface area contributed by atoms with Crippen LogP contribution in [-0.4, -0.2) is 48.4 Å². The number of morpholine rings is 1. The number of aromatic nitrogens is 2. The zero-order valence-corrected chi connectivity index (χ0v) is 15.5. The van der Waals surface area contributed by atoms with Crippen LogP contribution in [0.4, 0.5) is 16.2 Å². The number of ether oxygens (including phenoxy) is 1. The molecule has 0 saturated carbocycles. The van der Waals surface area contributed by atoms with Crippen molar-refractivity contribution in [3.63, 3.8) is 0 Å². The van der Waals surface area contributed by atoms with Crippen molar-refractivity contribution in [2.75, 3.05) is 36.0 Å². The van der Waals surface area contributed by atoms with Gasteiger partial charge >= 0.3 is 0 Å². The molecule has 27 heavy (non-hydrogen) atoms. The molecule has 144 valence electrons. The Morgan fingerprint density at radius 3 is 2.89 bits per heavy atom. The number of benzene rings is 1. The number of hydrogen-bond donors (Lipinski definition) is 1. The molecular formula is C20H25FN4O2. The van der Waals surface area contributed by atoms with Crippen molar-refractivity contribution in [3.8, 4) is 0 Å². The first-order chi connectivity index (χ1) is 13.1. The van der Waals surface area contributed by atoms with Gasteiger partial charge in [-0.2, -0.15) is 4.98 Å². The second-order valence-electron chi connectivity index (χ2n) is 7.37. The summed E-state index contributed by atoms with van der Waals surface area (Å²) in [7, 11) is 0. The highest BCUT2D eigenvalue weighted by Gasteiger charge is 2.28. The summed E-state index contributed by atoms with van der Waals surface area (Å²) in [4.78, 5) is 24.2. The van der Waals surface area contributed by atoms with Gasteiger partial charge in [0.1, 0.15) is 11.6 Å². The molecule has 0 bridgehead atoms. The number of aromatic amines is 1. The molecule has 2 atom stereocenters. The van der Waals surface area contributed by atoms with Gasteiger partial charge < -0.3 is 14.5 Å². The fourth-order valence-electron chi connectivity index (χ4n) is 3.98. The van der Waals surface area contributed by atoms with E-state index >= 15 is 0 Å². The lowest BCUT2D eigenvalue weighted by Crippen LogP contribution is -2.42. The van der Waals surface area contributed by atoms with E-state index in [9.17, 15) is 9.18 Å². The minimum atomic E-state index is -0.222. The first-order valence-electron chi connectivity index (χ1n) is 9.57. The van der Waals surface area contributed by atoms with Gasteiger partial charge in [-0.15, -0.1) is 0 Å². The predicted octanol–water partition coefficient (Wildman–Crippen LogP) is 2.35. The average Bonchev–Trinajstić information content (AvgIpc) is 3.11. The second-order valence-corrected chi connectivity index (χ2v) is 7.37. The van der Waals surface area contributed by atoms with Gasteiger partial charge in [-0.1, -0.05) is 12.1 Å². The van der Waals surface area contributed by atoms with E-state index in [2.05, 4.69) is 14.8 Å². The zero-order valence-electron chi connectivity index (χ0n) is 15.5. The van der Waals surface area contributed by atoms with Gasteiger partial charge in [0, 0.05) is 31.7 Å². The molecular weight excluding hydrogens is 347 g/mol. The second kappa shape index (κ2) is 7.68. The summed E-state index contributed by atoms with van der Waals surface area (Å²) in [6.45, 7) is 4.99. The molecule has 0 unspecified atom stereocenters. The SMILES string of the molecule is C[C@@H]1CN(c2cc(=O)[nH]c(N3CCC[C@@H]3Cc3ccc(F)cc3)n2)CCO1. The van der Waals surface area contributed by atoms with Crippen LogP contribution < -0.4 is 15.4 Å². The number of anilines is 2. The van der Waals surface area contributed by atoms with E-state index in [4.69, 9.17) is 9.72 Å². The van der Waals surface area contributed by atoms with E-state index in [1.807, 2.05) is 19.1 Å². The van der Waals surface area contributed by atoms with Crippen molar-refractivity contribution in [1.29, 1.82) is 0 Å². The summed E-state index contributed by atoms with van der Waals surface area (Å²) in [5.74, 6) is 1.11. The lowest BCUT2D eigenvalue weighted by molar-refractivity contribution is 0.0529.